The first-order valence-electron chi connectivity index (χ1n) is 9.13. The van der Waals surface area contributed by atoms with Crippen molar-refractivity contribution in [3.05, 3.63) is 40.3 Å². The zero-order valence-corrected chi connectivity index (χ0v) is 15.5. The highest BCUT2D eigenvalue weighted by Gasteiger charge is 2.19. The van der Waals surface area contributed by atoms with Crippen LogP contribution >= 0.6 is 0 Å². The molecule has 0 fully saturated rings. The first kappa shape index (κ1) is 19.6. The number of carbonyl (C=O) groups excluding carboxylic acids is 2. The van der Waals surface area contributed by atoms with Crippen LogP contribution < -0.4 is 16.4 Å². The summed E-state index contributed by atoms with van der Waals surface area (Å²) in [4.78, 5) is 37.1. The van der Waals surface area contributed by atoms with Gasteiger partial charge in [0.15, 0.2) is 5.69 Å². The Bertz CT molecular complexity index is 844. The van der Waals surface area contributed by atoms with Crippen molar-refractivity contribution in [1.29, 1.82) is 0 Å². The lowest BCUT2D eigenvalue weighted by molar-refractivity contribution is -0.126. The zero-order valence-electron chi connectivity index (χ0n) is 15.5. The fraction of sp³-hybridized carbons (Fsp3) is 0.474. The minimum Gasteiger partial charge on any atom is -0.273 e. The van der Waals surface area contributed by atoms with Crippen LogP contribution in [-0.4, -0.2) is 21.6 Å². The second-order valence-corrected chi connectivity index (χ2v) is 6.21. The fourth-order valence-electron chi connectivity index (χ4n) is 2.87. The van der Waals surface area contributed by atoms with Gasteiger partial charge in [-0.15, -0.1) is 0 Å². The van der Waals surface area contributed by atoms with E-state index in [9.17, 15) is 14.4 Å². The topological polar surface area (TPSA) is 93.1 Å². The van der Waals surface area contributed by atoms with Gasteiger partial charge in [-0.1, -0.05) is 44.9 Å². The molecule has 0 spiro atoms. The van der Waals surface area contributed by atoms with Crippen molar-refractivity contribution in [3.8, 4) is 0 Å². The van der Waals surface area contributed by atoms with Gasteiger partial charge in [-0.05, 0) is 25.8 Å². The molecule has 1 aromatic heterocycles. The van der Waals surface area contributed by atoms with E-state index < -0.39 is 5.91 Å². The number of fused-ring (bicyclic) bond motifs is 1. The van der Waals surface area contributed by atoms with Gasteiger partial charge in [-0.3, -0.25) is 25.2 Å². The molecule has 0 bridgehead atoms. The Kier molecular flexibility index (Phi) is 6.89. The Balaban J connectivity index is 2.21. The van der Waals surface area contributed by atoms with Gasteiger partial charge in [0.2, 0.25) is 5.91 Å². The van der Waals surface area contributed by atoms with Crippen molar-refractivity contribution in [2.75, 3.05) is 0 Å². The van der Waals surface area contributed by atoms with Gasteiger partial charge >= 0.3 is 0 Å². The van der Waals surface area contributed by atoms with E-state index in [0.29, 0.717) is 23.7 Å². The third-order valence-corrected chi connectivity index (χ3v) is 4.45. The van der Waals surface area contributed by atoms with Crippen LogP contribution in [0, 0.1) is 5.92 Å². The number of unbranched alkanes of at least 4 members (excludes halogenated alkanes) is 1. The number of hydrogen-bond donors (Lipinski definition) is 2. The van der Waals surface area contributed by atoms with Crippen molar-refractivity contribution < 1.29 is 9.59 Å². The highest BCUT2D eigenvalue weighted by Crippen LogP contribution is 2.14. The Morgan fingerprint density at radius 1 is 1.12 bits per heavy atom. The molecular formula is C19H26N4O3. The molecule has 2 N–H and O–H groups in total. The van der Waals surface area contributed by atoms with Crippen LogP contribution in [0.25, 0.3) is 10.8 Å². The zero-order chi connectivity index (χ0) is 19.1. The maximum Gasteiger partial charge on any atom is 0.290 e. The van der Waals surface area contributed by atoms with Crippen molar-refractivity contribution in [1.82, 2.24) is 20.6 Å². The Morgan fingerprint density at radius 2 is 1.81 bits per heavy atom. The van der Waals surface area contributed by atoms with Crippen LogP contribution in [0.2, 0.25) is 0 Å². The van der Waals surface area contributed by atoms with E-state index in [1.165, 1.54) is 4.68 Å². The lowest BCUT2D eigenvalue weighted by Gasteiger charge is -2.15. The third kappa shape index (κ3) is 4.28. The van der Waals surface area contributed by atoms with Gasteiger partial charge in [0, 0.05) is 17.8 Å². The number of hydrogen-bond acceptors (Lipinski definition) is 4. The molecule has 2 aromatic rings. The van der Waals surface area contributed by atoms with E-state index in [1.54, 1.807) is 31.2 Å². The Labute approximate surface area is 152 Å². The summed E-state index contributed by atoms with van der Waals surface area (Å²) in [5.41, 5.74) is 4.80. The summed E-state index contributed by atoms with van der Waals surface area (Å²) < 4.78 is 1.25. The van der Waals surface area contributed by atoms with E-state index in [4.69, 9.17) is 0 Å². The Hall–Kier alpha value is -2.70. The predicted molar refractivity (Wildman–Crippen MR) is 101 cm³/mol. The van der Waals surface area contributed by atoms with Gasteiger partial charge < -0.3 is 0 Å². The third-order valence-electron chi connectivity index (χ3n) is 4.45. The monoisotopic (exact) mass is 358 g/mol. The summed E-state index contributed by atoms with van der Waals surface area (Å²) in [5, 5.41) is 5.04. The quantitative estimate of drug-likeness (QED) is 0.743. The average molecular weight is 358 g/mol. The molecule has 2 rings (SSSR count). The summed E-state index contributed by atoms with van der Waals surface area (Å²) in [6.45, 7) is 6.16. The highest BCUT2D eigenvalue weighted by atomic mass is 16.2. The van der Waals surface area contributed by atoms with E-state index >= 15 is 0 Å². The maximum atomic E-state index is 12.6. The smallest absolute Gasteiger partial charge is 0.273 e. The van der Waals surface area contributed by atoms with Crippen LogP contribution in [0.1, 0.15) is 56.9 Å². The number of aryl methyl sites for hydroxylation is 1. The van der Waals surface area contributed by atoms with Gasteiger partial charge in [0.05, 0.1) is 5.39 Å². The number of carbonyl (C=O) groups is 2. The van der Waals surface area contributed by atoms with Crippen molar-refractivity contribution in [3.63, 3.8) is 0 Å². The molecule has 140 valence electrons. The van der Waals surface area contributed by atoms with Gasteiger partial charge in [-0.25, -0.2) is 4.68 Å². The fourth-order valence-corrected chi connectivity index (χ4v) is 2.87. The van der Waals surface area contributed by atoms with E-state index in [-0.39, 0.29) is 23.1 Å². The van der Waals surface area contributed by atoms with Gasteiger partial charge in [0.1, 0.15) is 0 Å². The summed E-state index contributed by atoms with van der Waals surface area (Å²) in [6, 6.07) is 6.83. The Morgan fingerprint density at radius 3 is 2.42 bits per heavy atom. The number of hydrazine groups is 1. The largest absolute Gasteiger partial charge is 0.290 e. The van der Waals surface area contributed by atoms with Crippen LogP contribution in [-0.2, 0) is 11.3 Å². The molecule has 0 aliphatic carbocycles. The minimum absolute atomic E-state index is 0.115. The number of nitrogens with one attached hydrogen (secondary N) is 2. The molecule has 7 heteroatoms. The first-order chi connectivity index (χ1) is 12.5. The molecule has 2 amide bonds. The molecule has 0 radical (unpaired) electrons. The molecule has 1 aromatic carbocycles. The van der Waals surface area contributed by atoms with Crippen molar-refractivity contribution in [2.24, 2.45) is 5.92 Å². The predicted octanol–water partition coefficient (Wildman–Crippen LogP) is 2.39. The average Bonchev–Trinajstić information content (AvgIpc) is 2.67. The molecule has 0 aliphatic rings. The van der Waals surface area contributed by atoms with Gasteiger partial charge in [-0.2, -0.15) is 5.10 Å². The van der Waals surface area contributed by atoms with E-state index in [2.05, 4.69) is 22.9 Å². The van der Waals surface area contributed by atoms with E-state index in [1.807, 2.05) is 6.92 Å². The summed E-state index contributed by atoms with van der Waals surface area (Å²) in [7, 11) is 0. The second-order valence-electron chi connectivity index (χ2n) is 6.21. The lowest BCUT2D eigenvalue weighted by Crippen LogP contribution is -2.45. The number of benzene rings is 1. The summed E-state index contributed by atoms with van der Waals surface area (Å²) >= 11 is 0. The standard InChI is InChI=1S/C19H26N4O3/c1-4-7-10-13(5-2)17(24)20-21-18(25)16-14-11-8-9-12-15(14)19(26)23(6-3)22-16/h8-9,11-13H,4-7,10H2,1-3H3,(H,20,24)(H,21,25). The lowest BCUT2D eigenvalue weighted by atomic mass is 9.99. The molecule has 0 aliphatic heterocycles. The maximum absolute atomic E-state index is 12.6. The molecule has 26 heavy (non-hydrogen) atoms. The summed E-state index contributed by atoms with van der Waals surface area (Å²) in [5.74, 6) is -0.880. The number of nitrogens with zero attached hydrogens (tertiary/aromatic N) is 2. The molecule has 0 saturated heterocycles. The molecule has 1 unspecified atom stereocenters. The second kappa shape index (κ2) is 9.12. The molecule has 7 nitrogen and oxygen atoms in total. The number of amides is 2. The molecule has 0 saturated carbocycles. The minimum atomic E-state index is -0.540. The molecular weight excluding hydrogens is 332 g/mol. The highest BCUT2D eigenvalue weighted by molar-refractivity contribution is 6.05. The van der Waals surface area contributed by atoms with Crippen LogP contribution in [0.5, 0.6) is 0 Å². The van der Waals surface area contributed by atoms with Gasteiger partial charge in [0.25, 0.3) is 11.5 Å². The van der Waals surface area contributed by atoms with E-state index in [0.717, 1.165) is 19.3 Å². The van der Waals surface area contributed by atoms with Crippen LogP contribution in [0.3, 0.4) is 0 Å². The normalized spacial score (nSPS) is 12.0. The van der Waals surface area contributed by atoms with Crippen LogP contribution in [0.15, 0.2) is 29.1 Å². The molecule has 1 heterocycles. The summed E-state index contributed by atoms with van der Waals surface area (Å²) in [6.07, 6.45) is 3.48. The molecule has 1 atom stereocenters. The number of rotatable bonds is 7. The van der Waals surface area contributed by atoms with Crippen molar-refractivity contribution >= 4 is 22.6 Å². The SMILES string of the molecule is CCCCC(CC)C(=O)NNC(=O)c1nn(CC)c(=O)c2ccccc12. The first-order valence-corrected chi connectivity index (χ1v) is 9.13. The van der Waals surface area contributed by atoms with Crippen molar-refractivity contribution in [2.45, 2.75) is 53.0 Å². The number of aromatic nitrogens is 2. The van der Waals surface area contributed by atoms with Crippen LogP contribution in [0.4, 0.5) is 0 Å².